The van der Waals surface area contributed by atoms with Gasteiger partial charge < -0.3 is 4.90 Å². The summed E-state index contributed by atoms with van der Waals surface area (Å²) in [6.45, 7) is 0.693. The largest absolute Gasteiger partial charge is 0.336 e. The van der Waals surface area contributed by atoms with Gasteiger partial charge >= 0.3 is 0 Å². The SMILES string of the molecule is Cl.O=C1Cc2ccc(Cl)cc2N(Cc2ccccc2)c2ccccc21. The highest BCUT2D eigenvalue weighted by Gasteiger charge is 2.25. The van der Waals surface area contributed by atoms with Crippen LogP contribution in [0.25, 0.3) is 0 Å². The minimum atomic E-state index is 0. The van der Waals surface area contributed by atoms with Crippen LogP contribution in [-0.4, -0.2) is 5.78 Å². The molecule has 0 bridgehead atoms. The fourth-order valence-electron chi connectivity index (χ4n) is 3.22. The van der Waals surface area contributed by atoms with E-state index in [1.165, 1.54) is 5.56 Å². The lowest BCUT2D eigenvalue weighted by atomic mass is 10.0. The van der Waals surface area contributed by atoms with Crippen molar-refractivity contribution in [2.75, 3.05) is 4.90 Å². The Morgan fingerprint density at radius 2 is 1.60 bits per heavy atom. The molecule has 0 amide bonds. The number of hydrogen-bond donors (Lipinski definition) is 0. The number of carbonyl (C=O) groups is 1. The molecule has 0 unspecified atom stereocenters. The predicted octanol–water partition coefficient (Wildman–Crippen LogP) is 5.84. The second kappa shape index (κ2) is 7.30. The van der Waals surface area contributed by atoms with Crippen LogP contribution in [0.1, 0.15) is 21.5 Å². The molecule has 0 aliphatic carbocycles. The number of nitrogens with zero attached hydrogens (tertiary/aromatic N) is 1. The van der Waals surface area contributed by atoms with Gasteiger partial charge in [0.25, 0.3) is 0 Å². The van der Waals surface area contributed by atoms with Crippen molar-refractivity contribution >= 4 is 41.2 Å². The molecule has 25 heavy (non-hydrogen) atoms. The van der Waals surface area contributed by atoms with E-state index in [1.807, 2.05) is 60.7 Å². The molecule has 2 nitrogen and oxygen atoms in total. The van der Waals surface area contributed by atoms with E-state index in [1.54, 1.807) is 0 Å². The third-order valence-corrected chi connectivity index (χ3v) is 4.60. The van der Waals surface area contributed by atoms with Gasteiger partial charge in [-0.3, -0.25) is 4.79 Å². The van der Waals surface area contributed by atoms with Crippen molar-refractivity contribution in [3.8, 4) is 0 Å². The minimum Gasteiger partial charge on any atom is -0.336 e. The van der Waals surface area contributed by atoms with Crippen LogP contribution in [0.4, 0.5) is 11.4 Å². The summed E-state index contributed by atoms with van der Waals surface area (Å²) in [7, 11) is 0. The van der Waals surface area contributed by atoms with Gasteiger partial charge in [0, 0.05) is 29.2 Å². The average molecular weight is 370 g/mol. The van der Waals surface area contributed by atoms with E-state index in [-0.39, 0.29) is 18.2 Å². The topological polar surface area (TPSA) is 20.3 Å². The highest BCUT2D eigenvalue weighted by Crippen LogP contribution is 2.38. The van der Waals surface area contributed by atoms with Crippen LogP contribution in [0, 0.1) is 0 Å². The molecular formula is C21H17Cl2NO. The maximum Gasteiger partial charge on any atom is 0.169 e. The quantitative estimate of drug-likeness (QED) is 0.565. The summed E-state index contributed by atoms with van der Waals surface area (Å²) in [5.74, 6) is 0.143. The molecule has 0 radical (unpaired) electrons. The van der Waals surface area contributed by atoms with Crippen LogP contribution in [0.3, 0.4) is 0 Å². The van der Waals surface area contributed by atoms with Gasteiger partial charge in [-0.25, -0.2) is 0 Å². The monoisotopic (exact) mass is 369 g/mol. The van der Waals surface area contributed by atoms with Crippen LogP contribution >= 0.6 is 24.0 Å². The average Bonchev–Trinajstić information content (AvgIpc) is 2.72. The zero-order valence-corrected chi connectivity index (χ0v) is 15.1. The first-order valence-corrected chi connectivity index (χ1v) is 8.32. The van der Waals surface area contributed by atoms with Crippen molar-refractivity contribution in [1.82, 2.24) is 0 Å². The summed E-state index contributed by atoms with van der Waals surface area (Å²) < 4.78 is 0. The summed E-state index contributed by atoms with van der Waals surface area (Å²) in [4.78, 5) is 14.9. The Labute approximate surface area is 158 Å². The summed E-state index contributed by atoms with van der Waals surface area (Å²) >= 11 is 6.25. The number of rotatable bonds is 2. The fourth-order valence-corrected chi connectivity index (χ4v) is 3.38. The van der Waals surface area contributed by atoms with Gasteiger partial charge in [-0.1, -0.05) is 60.1 Å². The standard InChI is InChI=1S/C21H16ClNO.ClH/c22-17-11-10-16-12-21(24)18-8-4-5-9-19(18)23(20(16)13-17)14-15-6-2-1-3-7-15;/h1-11,13H,12,14H2;1H. The highest BCUT2D eigenvalue weighted by molar-refractivity contribution is 6.31. The number of benzene rings is 3. The summed E-state index contributed by atoms with van der Waals surface area (Å²) in [6, 6.07) is 23.8. The van der Waals surface area contributed by atoms with Gasteiger partial charge in [0.1, 0.15) is 0 Å². The number of anilines is 2. The lowest BCUT2D eigenvalue weighted by Gasteiger charge is -2.27. The van der Waals surface area contributed by atoms with Gasteiger partial charge in [0.05, 0.1) is 5.69 Å². The lowest BCUT2D eigenvalue weighted by Crippen LogP contribution is -2.18. The number of fused-ring (bicyclic) bond motifs is 2. The molecule has 0 spiro atoms. The molecule has 1 aliphatic rings. The van der Waals surface area contributed by atoms with Gasteiger partial charge in [-0.15, -0.1) is 12.4 Å². The van der Waals surface area contributed by atoms with Crippen molar-refractivity contribution in [1.29, 1.82) is 0 Å². The molecular weight excluding hydrogens is 353 g/mol. The first kappa shape index (κ1) is 17.5. The Bertz CT molecular complexity index is 909. The Balaban J connectivity index is 0.00000182. The van der Waals surface area contributed by atoms with Crippen molar-refractivity contribution in [3.63, 3.8) is 0 Å². The highest BCUT2D eigenvalue weighted by atomic mass is 35.5. The third kappa shape index (κ3) is 3.41. The van der Waals surface area contributed by atoms with Gasteiger partial charge in [-0.2, -0.15) is 0 Å². The van der Waals surface area contributed by atoms with Crippen LogP contribution in [0.2, 0.25) is 5.02 Å². The summed E-state index contributed by atoms with van der Waals surface area (Å²) in [5, 5.41) is 0.679. The van der Waals surface area contributed by atoms with Gasteiger partial charge in [-0.05, 0) is 35.4 Å². The van der Waals surface area contributed by atoms with E-state index in [2.05, 4.69) is 17.0 Å². The lowest BCUT2D eigenvalue weighted by molar-refractivity contribution is 0.0994. The van der Waals surface area contributed by atoms with Crippen molar-refractivity contribution in [2.45, 2.75) is 13.0 Å². The second-order valence-electron chi connectivity index (χ2n) is 5.96. The molecule has 1 heterocycles. The molecule has 0 N–H and O–H groups in total. The Morgan fingerprint density at radius 3 is 2.40 bits per heavy atom. The maximum atomic E-state index is 12.7. The molecule has 0 saturated heterocycles. The fraction of sp³-hybridized carbons (Fsp3) is 0.0952. The molecule has 0 fully saturated rings. The predicted molar refractivity (Wildman–Crippen MR) is 105 cm³/mol. The molecule has 3 aromatic carbocycles. The smallest absolute Gasteiger partial charge is 0.169 e. The molecule has 4 heteroatoms. The van der Waals surface area contributed by atoms with Crippen molar-refractivity contribution in [2.24, 2.45) is 0 Å². The van der Waals surface area contributed by atoms with Crippen LogP contribution in [0.15, 0.2) is 72.8 Å². The molecule has 0 atom stereocenters. The van der Waals surface area contributed by atoms with Crippen LogP contribution < -0.4 is 4.90 Å². The first-order chi connectivity index (χ1) is 11.7. The van der Waals surface area contributed by atoms with E-state index in [4.69, 9.17) is 11.6 Å². The third-order valence-electron chi connectivity index (χ3n) is 4.37. The molecule has 0 saturated carbocycles. The van der Waals surface area contributed by atoms with E-state index in [9.17, 15) is 4.79 Å². The molecule has 3 aromatic rings. The number of carbonyl (C=O) groups excluding carboxylic acids is 1. The molecule has 1 aliphatic heterocycles. The first-order valence-electron chi connectivity index (χ1n) is 7.94. The Morgan fingerprint density at radius 1 is 0.880 bits per heavy atom. The minimum absolute atomic E-state index is 0. The van der Waals surface area contributed by atoms with Crippen LogP contribution in [0.5, 0.6) is 0 Å². The van der Waals surface area contributed by atoms with Crippen LogP contribution in [-0.2, 0) is 13.0 Å². The van der Waals surface area contributed by atoms with Gasteiger partial charge in [0.15, 0.2) is 5.78 Å². The maximum absolute atomic E-state index is 12.7. The zero-order valence-electron chi connectivity index (χ0n) is 13.5. The normalized spacial score (nSPS) is 12.7. The number of ketones is 1. The van der Waals surface area contributed by atoms with Crippen molar-refractivity contribution in [3.05, 3.63) is 94.5 Å². The van der Waals surface area contributed by atoms with Gasteiger partial charge in [0.2, 0.25) is 0 Å². The second-order valence-corrected chi connectivity index (χ2v) is 6.40. The van der Waals surface area contributed by atoms with E-state index in [0.29, 0.717) is 18.0 Å². The molecule has 126 valence electrons. The molecule has 4 rings (SSSR count). The number of Topliss-reactive ketones (excluding diaryl/α,β-unsaturated/α-hetero) is 1. The number of para-hydroxylation sites is 1. The number of halogens is 2. The summed E-state index contributed by atoms with van der Waals surface area (Å²) in [6.07, 6.45) is 0.398. The molecule has 0 aromatic heterocycles. The van der Waals surface area contributed by atoms with E-state index < -0.39 is 0 Å². The van der Waals surface area contributed by atoms with E-state index in [0.717, 1.165) is 22.5 Å². The van der Waals surface area contributed by atoms with Crippen molar-refractivity contribution < 1.29 is 4.79 Å². The number of hydrogen-bond acceptors (Lipinski definition) is 2. The Hall–Kier alpha value is -2.29. The van der Waals surface area contributed by atoms with E-state index >= 15 is 0 Å². The summed E-state index contributed by atoms with van der Waals surface area (Å²) in [5.41, 5.74) is 4.90. The Kier molecular flexibility index (Phi) is 5.12. The zero-order chi connectivity index (χ0) is 16.5.